The lowest BCUT2D eigenvalue weighted by Crippen LogP contribution is -2.18. The van der Waals surface area contributed by atoms with Gasteiger partial charge in [-0.05, 0) is 12.1 Å². The van der Waals surface area contributed by atoms with E-state index < -0.39 is 12.8 Å². The summed E-state index contributed by atoms with van der Waals surface area (Å²) in [6, 6.07) is 5.33. The summed E-state index contributed by atoms with van der Waals surface area (Å²) in [6.45, 7) is -1.27. The first-order chi connectivity index (χ1) is 8.98. The highest BCUT2D eigenvalue weighted by atomic mass is 19.4. The second-order valence-electron chi connectivity index (χ2n) is 3.98. The highest BCUT2D eigenvalue weighted by Crippen LogP contribution is 2.19. The number of alkyl halides is 3. The highest BCUT2D eigenvalue weighted by molar-refractivity contribution is 5.76. The molecule has 1 heterocycles. The van der Waals surface area contributed by atoms with Crippen LogP contribution >= 0.6 is 0 Å². The Kier molecular flexibility index (Phi) is 3.94. The van der Waals surface area contributed by atoms with Gasteiger partial charge in [0, 0.05) is 12.5 Å². The van der Waals surface area contributed by atoms with Crippen molar-refractivity contribution < 1.29 is 22.6 Å². The third-order valence-electron chi connectivity index (χ3n) is 2.49. The van der Waals surface area contributed by atoms with Crippen molar-refractivity contribution in [3.8, 4) is 5.75 Å². The Morgan fingerprint density at radius 2 is 2.11 bits per heavy atom. The van der Waals surface area contributed by atoms with E-state index >= 15 is 0 Å². The number of nitrogens with zero attached hydrogens (tertiary/aromatic N) is 1. The minimum absolute atomic E-state index is 0.0313. The van der Waals surface area contributed by atoms with Gasteiger partial charge in [0.15, 0.2) is 0 Å². The molecule has 19 heavy (non-hydrogen) atoms. The van der Waals surface area contributed by atoms with Crippen molar-refractivity contribution in [3.63, 3.8) is 0 Å². The van der Waals surface area contributed by atoms with Crippen LogP contribution in [-0.4, -0.2) is 36.5 Å². The Balaban J connectivity index is 1.94. The molecule has 104 valence electrons. The van der Waals surface area contributed by atoms with Crippen molar-refractivity contribution in [2.75, 3.05) is 20.3 Å². The summed E-state index contributed by atoms with van der Waals surface area (Å²) in [5, 5.41) is 0. The van der Waals surface area contributed by atoms with Gasteiger partial charge in [-0.3, -0.25) is 0 Å². The zero-order valence-corrected chi connectivity index (χ0v) is 10.3. The van der Waals surface area contributed by atoms with Crippen LogP contribution in [0.25, 0.3) is 11.0 Å². The van der Waals surface area contributed by atoms with E-state index in [0.29, 0.717) is 18.0 Å². The summed E-state index contributed by atoms with van der Waals surface area (Å²) in [6.07, 6.45) is -3.99. The van der Waals surface area contributed by atoms with E-state index in [1.807, 2.05) is 0 Å². The predicted octanol–water partition coefficient (Wildman–Crippen LogP) is 2.69. The monoisotopic (exact) mass is 274 g/mol. The van der Waals surface area contributed by atoms with Gasteiger partial charge in [0.2, 0.25) is 0 Å². The number of hydrogen-bond donors (Lipinski definition) is 1. The molecule has 1 aromatic heterocycles. The SMILES string of the molecule is COc1ccc2nc(CCOCC(F)(F)F)[nH]c2c1. The molecule has 0 saturated heterocycles. The Morgan fingerprint density at radius 3 is 2.79 bits per heavy atom. The summed E-state index contributed by atoms with van der Waals surface area (Å²) in [5.74, 6) is 1.28. The van der Waals surface area contributed by atoms with Crippen molar-refractivity contribution in [2.45, 2.75) is 12.6 Å². The Hall–Kier alpha value is -1.76. The Bertz CT molecular complexity index is 551. The van der Waals surface area contributed by atoms with Crippen LogP contribution < -0.4 is 4.74 Å². The number of ether oxygens (including phenoxy) is 2. The molecule has 0 saturated carbocycles. The second kappa shape index (κ2) is 5.48. The minimum Gasteiger partial charge on any atom is -0.497 e. The van der Waals surface area contributed by atoms with Gasteiger partial charge in [0.1, 0.15) is 18.2 Å². The van der Waals surface area contributed by atoms with Gasteiger partial charge in [-0.1, -0.05) is 0 Å². The standard InChI is InChI=1S/C12H13F3N2O2/c1-18-8-2-3-9-10(6-8)17-11(16-9)4-5-19-7-12(13,14)15/h2-3,6H,4-5,7H2,1H3,(H,16,17). The molecular weight excluding hydrogens is 261 g/mol. The lowest BCUT2D eigenvalue weighted by Gasteiger charge is -2.06. The maximum atomic E-state index is 11.9. The molecule has 0 atom stereocenters. The van der Waals surface area contributed by atoms with Gasteiger partial charge >= 0.3 is 6.18 Å². The average Bonchev–Trinajstić information content (AvgIpc) is 2.75. The van der Waals surface area contributed by atoms with Crippen LogP contribution in [0.1, 0.15) is 5.82 Å². The molecule has 0 spiro atoms. The number of nitrogens with one attached hydrogen (secondary N) is 1. The molecular formula is C12H13F3N2O2. The van der Waals surface area contributed by atoms with Crippen LogP contribution in [0.3, 0.4) is 0 Å². The normalized spacial score (nSPS) is 12.0. The number of aromatic amines is 1. The van der Waals surface area contributed by atoms with Gasteiger partial charge in [-0.2, -0.15) is 13.2 Å². The van der Waals surface area contributed by atoms with E-state index in [9.17, 15) is 13.2 Å². The van der Waals surface area contributed by atoms with E-state index in [2.05, 4.69) is 14.7 Å². The van der Waals surface area contributed by atoms with Crippen molar-refractivity contribution in [1.29, 1.82) is 0 Å². The van der Waals surface area contributed by atoms with Crippen molar-refractivity contribution in [1.82, 2.24) is 9.97 Å². The number of aromatic nitrogens is 2. The molecule has 0 aliphatic rings. The molecule has 0 fully saturated rings. The van der Waals surface area contributed by atoms with Crippen LogP contribution in [0, 0.1) is 0 Å². The van der Waals surface area contributed by atoms with Crippen LogP contribution in [-0.2, 0) is 11.2 Å². The first-order valence-electron chi connectivity index (χ1n) is 5.65. The number of rotatable bonds is 5. The molecule has 0 aliphatic heterocycles. The van der Waals surface area contributed by atoms with Crippen LogP contribution in [0.5, 0.6) is 5.75 Å². The number of imidazole rings is 1. The minimum atomic E-state index is -4.29. The fraction of sp³-hybridized carbons (Fsp3) is 0.417. The van der Waals surface area contributed by atoms with E-state index in [4.69, 9.17) is 4.74 Å². The van der Waals surface area contributed by atoms with Crippen molar-refractivity contribution >= 4 is 11.0 Å². The fourth-order valence-corrected chi connectivity index (χ4v) is 1.64. The number of benzene rings is 1. The third kappa shape index (κ3) is 3.85. The maximum absolute atomic E-state index is 11.9. The Morgan fingerprint density at radius 1 is 1.32 bits per heavy atom. The summed E-state index contributed by atoms with van der Waals surface area (Å²) in [5.41, 5.74) is 1.52. The van der Waals surface area contributed by atoms with Gasteiger partial charge in [0.25, 0.3) is 0 Å². The molecule has 4 nitrogen and oxygen atoms in total. The van der Waals surface area contributed by atoms with Crippen LogP contribution in [0.15, 0.2) is 18.2 Å². The third-order valence-corrected chi connectivity index (χ3v) is 2.49. The number of methoxy groups -OCH3 is 1. The first-order valence-corrected chi connectivity index (χ1v) is 5.65. The molecule has 0 radical (unpaired) electrons. The molecule has 1 N–H and O–H groups in total. The highest BCUT2D eigenvalue weighted by Gasteiger charge is 2.27. The van der Waals surface area contributed by atoms with Gasteiger partial charge in [0.05, 0.1) is 24.8 Å². The number of hydrogen-bond acceptors (Lipinski definition) is 3. The molecule has 0 amide bonds. The largest absolute Gasteiger partial charge is 0.497 e. The lowest BCUT2D eigenvalue weighted by molar-refractivity contribution is -0.173. The lowest BCUT2D eigenvalue weighted by atomic mass is 10.3. The van der Waals surface area contributed by atoms with Crippen molar-refractivity contribution in [3.05, 3.63) is 24.0 Å². The van der Waals surface area contributed by atoms with Gasteiger partial charge in [-0.15, -0.1) is 0 Å². The average molecular weight is 274 g/mol. The van der Waals surface area contributed by atoms with E-state index in [1.54, 1.807) is 25.3 Å². The first kappa shape index (κ1) is 13.7. The van der Waals surface area contributed by atoms with Crippen molar-refractivity contribution in [2.24, 2.45) is 0 Å². The number of halogens is 3. The number of H-pyrrole nitrogens is 1. The topological polar surface area (TPSA) is 47.1 Å². The zero-order valence-electron chi connectivity index (χ0n) is 10.3. The fourth-order valence-electron chi connectivity index (χ4n) is 1.64. The molecule has 0 bridgehead atoms. The molecule has 0 unspecified atom stereocenters. The van der Waals surface area contributed by atoms with Gasteiger partial charge in [-0.25, -0.2) is 4.98 Å². The summed E-state index contributed by atoms with van der Waals surface area (Å²) in [7, 11) is 1.56. The second-order valence-corrected chi connectivity index (χ2v) is 3.98. The van der Waals surface area contributed by atoms with Crippen LogP contribution in [0.2, 0.25) is 0 Å². The summed E-state index contributed by atoms with van der Waals surface area (Å²) >= 11 is 0. The van der Waals surface area contributed by atoms with E-state index in [0.717, 1.165) is 11.0 Å². The molecule has 2 rings (SSSR count). The zero-order chi connectivity index (χ0) is 13.9. The van der Waals surface area contributed by atoms with Gasteiger partial charge < -0.3 is 14.5 Å². The summed E-state index contributed by atoms with van der Waals surface area (Å²) in [4.78, 5) is 7.27. The number of fused-ring (bicyclic) bond motifs is 1. The molecule has 2 aromatic rings. The predicted molar refractivity (Wildman–Crippen MR) is 63.2 cm³/mol. The van der Waals surface area contributed by atoms with Crippen LogP contribution in [0.4, 0.5) is 13.2 Å². The smallest absolute Gasteiger partial charge is 0.411 e. The quantitative estimate of drug-likeness (QED) is 0.853. The molecule has 7 heteroatoms. The summed E-state index contributed by atoms with van der Waals surface area (Å²) < 4.78 is 45.2. The molecule has 1 aromatic carbocycles. The van der Waals surface area contributed by atoms with E-state index in [1.165, 1.54) is 0 Å². The maximum Gasteiger partial charge on any atom is 0.411 e. The van der Waals surface area contributed by atoms with E-state index in [-0.39, 0.29) is 6.61 Å². The molecule has 0 aliphatic carbocycles. The Labute approximate surface area is 107 Å².